The number of aryl methyl sites for hydroxylation is 1. The standard InChI is InChI=1S/C24H26ClN3O4S.ClH/c1-16-13-18(25)15-21-22(16)26-24(33-21)28(6-2-5-27-7-9-30-10-8-27)23(29)17-3-4-19-20(14-17)32-12-11-31-19;/h3-4,13-15H,2,5-12H2,1H3;1H. The molecule has 2 aliphatic rings. The lowest BCUT2D eigenvalue weighted by atomic mass is 10.1. The van der Waals surface area contributed by atoms with Gasteiger partial charge in [-0.25, -0.2) is 4.98 Å². The van der Waals surface area contributed by atoms with Gasteiger partial charge in [0.15, 0.2) is 16.6 Å². The molecule has 0 N–H and O–H groups in total. The monoisotopic (exact) mass is 523 g/mol. The summed E-state index contributed by atoms with van der Waals surface area (Å²) >= 11 is 7.76. The van der Waals surface area contributed by atoms with E-state index < -0.39 is 0 Å². The lowest BCUT2D eigenvalue weighted by molar-refractivity contribution is 0.0376. The van der Waals surface area contributed by atoms with Gasteiger partial charge in [-0.2, -0.15) is 0 Å². The van der Waals surface area contributed by atoms with Crippen molar-refractivity contribution >= 4 is 56.6 Å². The fourth-order valence-corrected chi connectivity index (χ4v) is 5.60. The number of fused-ring (bicyclic) bond motifs is 2. The average Bonchev–Trinajstić information content (AvgIpc) is 3.26. The maximum Gasteiger partial charge on any atom is 0.260 e. The molecule has 2 aromatic carbocycles. The summed E-state index contributed by atoms with van der Waals surface area (Å²) in [4.78, 5) is 22.7. The number of aromatic nitrogens is 1. The second kappa shape index (κ2) is 11.1. The summed E-state index contributed by atoms with van der Waals surface area (Å²) in [5, 5.41) is 1.35. The average molecular weight is 524 g/mol. The molecule has 2 aliphatic heterocycles. The van der Waals surface area contributed by atoms with Gasteiger partial charge in [0.2, 0.25) is 0 Å². The van der Waals surface area contributed by atoms with Crippen LogP contribution in [0.5, 0.6) is 11.5 Å². The molecule has 0 bridgehead atoms. The molecule has 3 aromatic rings. The molecule has 0 unspecified atom stereocenters. The molecule has 34 heavy (non-hydrogen) atoms. The number of thiazole rings is 1. The third-order valence-corrected chi connectivity index (χ3v) is 7.11. The van der Waals surface area contributed by atoms with Crippen LogP contribution in [0.15, 0.2) is 30.3 Å². The summed E-state index contributed by atoms with van der Waals surface area (Å²) in [6.45, 7) is 7.83. The van der Waals surface area contributed by atoms with E-state index in [4.69, 9.17) is 30.8 Å². The second-order valence-electron chi connectivity index (χ2n) is 8.19. The predicted octanol–water partition coefficient (Wildman–Crippen LogP) is 4.82. The van der Waals surface area contributed by atoms with Crippen LogP contribution in [-0.4, -0.2) is 68.4 Å². The number of halogens is 2. The first-order chi connectivity index (χ1) is 16.1. The Hall–Kier alpha value is -2.10. The number of carbonyl (C=O) groups is 1. The molecule has 5 rings (SSSR count). The second-order valence-corrected chi connectivity index (χ2v) is 9.63. The number of hydrogen-bond donors (Lipinski definition) is 0. The molecule has 1 fully saturated rings. The molecule has 1 aromatic heterocycles. The van der Waals surface area contributed by atoms with E-state index in [0.29, 0.717) is 47.0 Å². The van der Waals surface area contributed by atoms with Crippen LogP contribution in [0.25, 0.3) is 10.2 Å². The Morgan fingerprint density at radius 3 is 2.68 bits per heavy atom. The highest BCUT2D eigenvalue weighted by Gasteiger charge is 2.24. The van der Waals surface area contributed by atoms with Crippen LogP contribution in [0.3, 0.4) is 0 Å². The van der Waals surface area contributed by atoms with Gasteiger partial charge in [-0.1, -0.05) is 22.9 Å². The SMILES string of the molecule is Cc1cc(Cl)cc2sc(N(CCCN3CCOCC3)C(=O)c3ccc4c(c3)OCCO4)nc12.Cl. The number of morpholine rings is 1. The van der Waals surface area contributed by atoms with Crippen molar-refractivity contribution in [1.29, 1.82) is 0 Å². The predicted molar refractivity (Wildman–Crippen MR) is 138 cm³/mol. The summed E-state index contributed by atoms with van der Waals surface area (Å²) in [6.07, 6.45) is 0.839. The van der Waals surface area contributed by atoms with E-state index in [2.05, 4.69) is 4.90 Å². The highest BCUT2D eigenvalue weighted by atomic mass is 35.5. The molecular formula is C24H27Cl2N3O4S. The molecule has 3 heterocycles. The Morgan fingerprint density at radius 2 is 1.88 bits per heavy atom. The smallest absolute Gasteiger partial charge is 0.260 e. The maximum atomic E-state index is 13.7. The fourth-order valence-electron chi connectivity index (χ4n) is 4.15. The Kier molecular flexibility index (Phi) is 8.16. The van der Waals surface area contributed by atoms with Gasteiger partial charge >= 0.3 is 0 Å². The molecule has 7 nitrogen and oxygen atoms in total. The third kappa shape index (κ3) is 5.42. The summed E-state index contributed by atoms with van der Waals surface area (Å²) < 4.78 is 17.7. The molecule has 0 atom stereocenters. The van der Waals surface area contributed by atoms with Crippen LogP contribution >= 0.6 is 35.3 Å². The number of amides is 1. The van der Waals surface area contributed by atoms with Crippen LogP contribution < -0.4 is 14.4 Å². The topological polar surface area (TPSA) is 64.1 Å². The zero-order valence-electron chi connectivity index (χ0n) is 18.9. The van der Waals surface area contributed by atoms with E-state index in [1.807, 2.05) is 19.1 Å². The molecule has 1 amide bonds. The first-order valence-corrected chi connectivity index (χ1v) is 12.4. The van der Waals surface area contributed by atoms with Crippen molar-refractivity contribution in [3.63, 3.8) is 0 Å². The lowest BCUT2D eigenvalue weighted by Gasteiger charge is -2.28. The molecule has 182 valence electrons. The van der Waals surface area contributed by atoms with Crippen LogP contribution in [0.4, 0.5) is 5.13 Å². The van der Waals surface area contributed by atoms with E-state index in [-0.39, 0.29) is 18.3 Å². The summed E-state index contributed by atoms with van der Waals surface area (Å²) in [6, 6.07) is 9.17. The Balaban J connectivity index is 0.00000274. The quantitative estimate of drug-likeness (QED) is 0.461. The van der Waals surface area contributed by atoms with Crippen molar-refractivity contribution in [3.05, 3.63) is 46.5 Å². The number of hydrogen-bond acceptors (Lipinski definition) is 7. The van der Waals surface area contributed by atoms with Crippen LogP contribution in [0.2, 0.25) is 5.02 Å². The van der Waals surface area contributed by atoms with Gasteiger partial charge in [-0.05, 0) is 49.2 Å². The Labute approximate surface area is 214 Å². The van der Waals surface area contributed by atoms with Gasteiger partial charge in [0, 0.05) is 36.8 Å². The molecule has 0 radical (unpaired) electrons. The zero-order valence-corrected chi connectivity index (χ0v) is 21.3. The van der Waals surface area contributed by atoms with E-state index in [0.717, 1.165) is 55.0 Å². The van der Waals surface area contributed by atoms with Gasteiger partial charge in [0.1, 0.15) is 13.2 Å². The largest absolute Gasteiger partial charge is 0.486 e. The minimum atomic E-state index is -0.100. The van der Waals surface area contributed by atoms with Gasteiger partial charge in [0.05, 0.1) is 23.4 Å². The van der Waals surface area contributed by atoms with Crippen molar-refractivity contribution in [2.45, 2.75) is 13.3 Å². The van der Waals surface area contributed by atoms with Gasteiger partial charge < -0.3 is 14.2 Å². The van der Waals surface area contributed by atoms with Crippen LogP contribution in [-0.2, 0) is 4.74 Å². The van der Waals surface area contributed by atoms with Gasteiger partial charge in [-0.3, -0.25) is 14.6 Å². The van der Waals surface area contributed by atoms with Gasteiger partial charge in [0.25, 0.3) is 5.91 Å². The summed E-state index contributed by atoms with van der Waals surface area (Å²) in [5.41, 5.74) is 2.44. The highest BCUT2D eigenvalue weighted by Crippen LogP contribution is 2.35. The van der Waals surface area contributed by atoms with E-state index >= 15 is 0 Å². The fraction of sp³-hybridized carbons (Fsp3) is 0.417. The summed E-state index contributed by atoms with van der Waals surface area (Å²) in [7, 11) is 0. The molecule has 1 saturated heterocycles. The van der Waals surface area contributed by atoms with Crippen molar-refractivity contribution < 1.29 is 19.0 Å². The number of ether oxygens (including phenoxy) is 3. The molecule has 0 aliphatic carbocycles. The number of rotatable bonds is 6. The Bertz CT molecular complexity index is 1170. The van der Waals surface area contributed by atoms with Crippen molar-refractivity contribution in [2.75, 3.05) is 57.5 Å². The normalized spacial score (nSPS) is 15.7. The maximum absolute atomic E-state index is 13.7. The number of nitrogens with zero attached hydrogens (tertiary/aromatic N) is 3. The van der Waals surface area contributed by atoms with Crippen LogP contribution in [0, 0.1) is 6.92 Å². The van der Waals surface area contributed by atoms with E-state index in [1.54, 1.807) is 23.1 Å². The first kappa shape index (κ1) is 25.0. The molecular weight excluding hydrogens is 497 g/mol. The molecule has 0 spiro atoms. The van der Waals surface area contributed by atoms with Crippen molar-refractivity contribution in [2.24, 2.45) is 0 Å². The van der Waals surface area contributed by atoms with Gasteiger partial charge in [-0.15, -0.1) is 12.4 Å². The Morgan fingerprint density at radius 1 is 1.12 bits per heavy atom. The number of benzene rings is 2. The highest BCUT2D eigenvalue weighted by molar-refractivity contribution is 7.22. The first-order valence-electron chi connectivity index (χ1n) is 11.2. The number of carbonyl (C=O) groups excluding carboxylic acids is 1. The molecule has 10 heteroatoms. The molecule has 0 saturated carbocycles. The third-order valence-electron chi connectivity index (χ3n) is 5.86. The van der Waals surface area contributed by atoms with E-state index in [9.17, 15) is 4.79 Å². The lowest BCUT2D eigenvalue weighted by Crippen LogP contribution is -2.39. The van der Waals surface area contributed by atoms with Crippen LogP contribution in [0.1, 0.15) is 22.3 Å². The number of anilines is 1. The minimum absolute atomic E-state index is 0. The summed E-state index contributed by atoms with van der Waals surface area (Å²) in [5.74, 6) is 1.17. The zero-order chi connectivity index (χ0) is 22.8. The van der Waals surface area contributed by atoms with Crippen molar-refractivity contribution in [1.82, 2.24) is 9.88 Å². The minimum Gasteiger partial charge on any atom is -0.486 e. The van der Waals surface area contributed by atoms with E-state index in [1.165, 1.54) is 11.3 Å². The van der Waals surface area contributed by atoms with Crippen molar-refractivity contribution in [3.8, 4) is 11.5 Å².